The van der Waals surface area contributed by atoms with E-state index in [2.05, 4.69) is 32.2 Å². The molecule has 0 aromatic carbocycles. The lowest BCUT2D eigenvalue weighted by molar-refractivity contribution is -0.122. The fourth-order valence-electron chi connectivity index (χ4n) is 3.28. The third kappa shape index (κ3) is 3.07. The molecule has 0 radical (unpaired) electrons. The molecule has 3 atom stereocenters. The maximum Gasteiger partial charge on any atom is 0.247 e. The highest BCUT2D eigenvalue weighted by Crippen LogP contribution is 2.43. The molecule has 1 fully saturated rings. The minimum Gasteiger partial charge on any atom is -0.352 e. The zero-order valence-electron chi connectivity index (χ0n) is 12.2. The molecule has 1 N–H and O–H groups in total. The summed E-state index contributed by atoms with van der Waals surface area (Å²) >= 11 is 0. The smallest absolute Gasteiger partial charge is 0.247 e. The van der Waals surface area contributed by atoms with Crippen molar-refractivity contribution in [1.29, 1.82) is 0 Å². The molecule has 0 aliphatic heterocycles. The summed E-state index contributed by atoms with van der Waals surface area (Å²) in [5.74, 6) is 1.55. The molecule has 0 aromatic heterocycles. The number of Topliss-reactive ketones (excluding diaryl/α,β-unsaturated/α-hetero) is 1. The van der Waals surface area contributed by atoms with E-state index in [0.29, 0.717) is 30.6 Å². The normalized spacial score (nSPS) is 30.2. The van der Waals surface area contributed by atoms with Crippen LogP contribution in [-0.2, 0) is 9.59 Å². The van der Waals surface area contributed by atoms with Gasteiger partial charge in [-0.15, -0.1) is 0 Å². The summed E-state index contributed by atoms with van der Waals surface area (Å²) in [6.45, 7) is 7.02. The van der Waals surface area contributed by atoms with E-state index in [1.54, 1.807) is 0 Å². The Bertz CT molecular complexity index is 398. The first-order valence-corrected chi connectivity index (χ1v) is 7.55. The van der Waals surface area contributed by atoms with E-state index in [4.69, 9.17) is 0 Å². The number of hydrogen-bond donors (Lipinski definition) is 1. The Balaban J connectivity index is 2.13. The van der Waals surface area contributed by atoms with Crippen molar-refractivity contribution in [2.24, 2.45) is 23.7 Å². The van der Waals surface area contributed by atoms with Gasteiger partial charge in [0.2, 0.25) is 5.91 Å². The first-order valence-electron chi connectivity index (χ1n) is 7.55. The molecule has 0 spiro atoms. The Labute approximate surface area is 115 Å². The highest BCUT2D eigenvalue weighted by atomic mass is 16.2. The van der Waals surface area contributed by atoms with Gasteiger partial charge >= 0.3 is 0 Å². The molecule has 1 amide bonds. The summed E-state index contributed by atoms with van der Waals surface area (Å²) in [5.41, 5.74) is 0.884. The molecule has 2 aliphatic rings. The van der Waals surface area contributed by atoms with Gasteiger partial charge in [-0.25, -0.2) is 0 Å². The summed E-state index contributed by atoms with van der Waals surface area (Å²) in [5, 5.41) is 3.01. The van der Waals surface area contributed by atoms with Gasteiger partial charge in [0.05, 0.1) is 0 Å². The zero-order valence-corrected chi connectivity index (χ0v) is 12.2. The molecule has 0 aromatic rings. The molecule has 2 aliphatic carbocycles. The van der Waals surface area contributed by atoms with Crippen molar-refractivity contribution < 1.29 is 9.59 Å². The van der Waals surface area contributed by atoms with E-state index in [9.17, 15) is 9.59 Å². The third-order valence-electron chi connectivity index (χ3n) is 4.43. The molecule has 3 nitrogen and oxygen atoms in total. The van der Waals surface area contributed by atoms with Gasteiger partial charge < -0.3 is 5.32 Å². The Hall–Kier alpha value is -1.12. The molecular formula is C16H25NO2. The Morgan fingerprint density at radius 2 is 2.16 bits per heavy atom. The number of fused-ring (bicyclic) bond motifs is 1. The predicted molar refractivity (Wildman–Crippen MR) is 75.5 cm³/mol. The highest BCUT2D eigenvalue weighted by molar-refractivity contribution is 5.96. The standard InChI is InChI=1S/C16H25NO2/c1-4-11-7-13-12(5-6-15(13)18)14(8-11)16(19)17-9-10(2)3/h8,10-13H,4-7,9H2,1-3H3,(H,17,19). The van der Waals surface area contributed by atoms with Gasteiger partial charge in [0.1, 0.15) is 5.78 Å². The van der Waals surface area contributed by atoms with E-state index in [1.165, 1.54) is 0 Å². The van der Waals surface area contributed by atoms with E-state index < -0.39 is 0 Å². The zero-order chi connectivity index (χ0) is 14.0. The molecule has 106 valence electrons. The monoisotopic (exact) mass is 263 g/mol. The van der Waals surface area contributed by atoms with Crippen LogP contribution in [0.5, 0.6) is 0 Å². The van der Waals surface area contributed by atoms with Crippen LogP contribution in [0.3, 0.4) is 0 Å². The van der Waals surface area contributed by atoms with Crippen LogP contribution >= 0.6 is 0 Å². The van der Waals surface area contributed by atoms with Crippen molar-refractivity contribution in [3.8, 4) is 0 Å². The molecule has 3 unspecified atom stereocenters. The van der Waals surface area contributed by atoms with Crippen LogP contribution in [0.15, 0.2) is 11.6 Å². The quantitative estimate of drug-likeness (QED) is 0.847. The average Bonchev–Trinajstić information content (AvgIpc) is 2.76. The highest BCUT2D eigenvalue weighted by Gasteiger charge is 2.42. The van der Waals surface area contributed by atoms with Crippen molar-refractivity contribution in [3.05, 3.63) is 11.6 Å². The largest absolute Gasteiger partial charge is 0.352 e. The lowest BCUT2D eigenvalue weighted by Crippen LogP contribution is -2.35. The summed E-state index contributed by atoms with van der Waals surface area (Å²) < 4.78 is 0. The topological polar surface area (TPSA) is 46.2 Å². The van der Waals surface area contributed by atoms with Gasteiger partial charge in [0.25, 0.3) is 0 Å². The Kier molecular flexibility index (Phi) is 4.43. The number of carbonyl (C=O) groups excluding carboxylic acids is 2. The molecular weight excluding hydrogens is 238 g/mol. The van der Waals surface area contributed by atoms with E-state index >= 15 is 0 Å². The fourth-order valence-corrected chi connectivity index (χ4v) is 3.28. The molecule has 0 bridgehead atoms. The number of carbonyl (C=O) groups is 2. The Morgan fingerprint density at radius 3 is 2.79 bits per heavy atom. The van der Waals surface area contributed by atoms with Crippen LogP contribution in [-0.4, -0.2) is 18.2 Å². The van der Waals surface area contributed by atoms with Crippen LogP contribution < -0.4 is 5.32 Å². The second kappa shape index (κ2) is 5.89. The summed E-state index contributed by atoms with van der Waals surface area (Å²) in [4.78, 5) is 24.3. The second-order valence-electron chi connectivity index (χ2n) is 6.35. The van der Waals surface area contributed by atoms with Crippen LogP contribution in [0.1, 0.15) is 46.5 Å². The van der Waals surface area contributed by atoms with Crippen LogP contribution in [0.4, 0.5) is 0 Å². The van der Waals surface area contributed by atoms with Gasteiger partial charge in [0.15, 0.2) is 0 Å². The first-order chi connectivity index (χ1) is 9.02. The molecule has 0 saturated heterocycles. The minimum atomic E-state index is 0.0524. The summed E-state index contributed by atoms with van der Waals surface area (Å²) in [6.07, 6.45) is 5.61. The molecule has 0 heterocycles. The first kappa shape index (κ1) is 14.3. The van der Waals surface area contributed by atoms with Crippen molar-refractivity contribution in [1.82, 2.24) is 5.32 Å². The molecule has 3 heteroatoms. The van der Waals surface area contributed by atoms with Crippen molar-refractivity contribution in [2.75, 3.05) is 6.54 Å². The number of ketones is 1. The summed E-state index contributed by atoms with van der Waals surface area (Å²) in [6, 6.07) is 0. The van der Waals surface area contributed by atoms with Crippen molar-refractivity contribution in [2.45, 2.75) is 46.5 Å². The van der Waals surface area contributed by atoms with Crippen molar-refractivity contribution in [3.63, 3.8) is 0 Å². The molecule has 2 rings (SSSR count). The number of nitrogens with one attached hydrogen (secondary N) is 1. The predicted octanol–water partition coefficient (Wildman–Crippen LogP) is 2.71. The molecule has 19 heavy (non-hydrogen) atoms. The van der Waals surface area contributed by atoms with E-state index in [1.807, 2.05) is 0 Å². The van der Waals surface area contributed by atoms with Gasteiger partial charge in [-0.05, 0) is 37.0 Å². The number of amides is 1. The van der Waals surface area contributed by atoms with Crippen LogP contribution in [0, 0.1) is 23.7 Å². The minimum absolute atomic E-state index is 0.0524. The lowest BCUT2D eigenvalue weighted by Gasteiger charge is -2.30. The van der Waals surface area contributed by atoms with Crippen LogP contribution in [0.25, 0.3) is 0 Å². The second-order valence-corrected chi connectivity index (χ2v) is 6.35. The SMILES string of the molecule is CCC1C=C(C(=O)NCC(C)C)C2CCC(=O)C2C1. The van der Waals surface area contributed by atoms with Gasteiger partial charge in [-0.1, -0.05) is 26.8 Å². The number of allylic oxidation sites excluding steroid dienone is 1. The van der Waals surface area contributed by atoms with Gasteiger partial charge in [0, 0.05) is 24.5 Å². The number of rotatable bonds is 4. The number of hydrogen-bond acceptors (Lipinski definition) is 2. The maximum absolute atomic E-state index is 12.3. The van der Waals surface area contributed by atoms with E-state index in [0.717, 1.165) is 24.8 Å². The fraction of sp³-hybridized carbons (Fsp3) is 0.750. The third-order valence-corrected chi connectivity index (χ3v) is 4.43. The Morgan fingerprint density at radius 1 is 1.42 bits per heavy atom. The van der Waals surface area contributed by atoms with Gasteiger partial charge in [-0.2, -0.15) is 0 Å². The van der Waals surface area contributed by atoms with E-state index in [-0.39, 0.29) is 17.7 Å². The van der Waals surface area contributed by atoms with Crippen LogP contribution in [0.2, 0.25) is 0 Å². The maximum atomic E-state index is 12.3. The van der Waals surface area contributed by atoms with Gasteiger partial charge in [-0.3, -0.25) is 9.59 Å². The summed E-state index contributed by atoms with van der Waals surface area (Å²) in [7, 11) is 0. The molecule has 1 saturated carbocycles. The lowest BCUT2D eigenvalue weighted by atomic mass is 9.75. The average molecular weight is 263 g/mol. The van der Waals surface area contributed by atoms with Crippen molar-refractivity contribution >= 4 is 11.7 Å².